The number of carbonyl (C=O) groups excluding carboxylic acids is 1. The van der Waals surface area contributed by atoms with Crippen LogP contribution in [0.25, 0.3) is 11.3 Å². The minimum atomic E-state index is -4.02. The molecule has 2 N–H and O–H groups in total. The number of rotatable bonds is 9. The van der Waals surface area contributed by atoms with Crippen LogP contribution in [0.15, 0.2) is 53.6 Å². The van der Waals surface area contributed by atoms with Gasteiger partial charge >= 0.3 is 0 Å². The standard InChI is InChI=1S/C27H31FN4O4S/c1-17(2)15-36-21-12-19(11-20(28)13-21)23-8-7-22(27(30-23)32-10-9-18(3)14-32)24(33)16-37(34,35)26-6-4-5-25(29)31-26/h4-8,11-13,17-18H,9-10,14-16H2,1-3H3,(H2,29,31)/t18-/m1/s1. The third kappa shape index (κ3) is 6.43. The Morgan fingerprint density at radius 1 is 1.19 bits per heavy atom. The molecule has 1 atom stereocenters. The molecule has 1 aliphatic heterocycles. The fraction of sp³-hybridized carbons (Fsp3) is 0.370. The first kappa shape index (κ1) is 26.5. The Hall–Kier alpha value is -3.53. The van der Waals surface area contributed by atoms with Gasteiger partial charge in [0.05, 0.1) is 17.9 Å². The van der Waals surface area contributed by atoms with E-state index in [0.29, 0.717) is 48.4 Å². The molecule has 10 heteroatoms. The molecule has 0 aliphatic carbocycles. The largest absolute Gasteiger partial charge is 0.493 e. The van der Waals surface area contributed by atoms with E-state index >= 15 is 0 Å². The van der Waals surface area contributed by atoms with E-state index in [4.69, 9.17) is 15.5 Å². The Morgan fingerprint density at radius 3 is 2.65 bits per heavy atom. The number of carbonyl (C=O) groups is 1. The lowest BCUT2D eigenvalue weighted by atomic mass is 10.1. The Labute approximate surface area is 216 Å². The van der Waals surface area contributed by atoms with Gasteiger partial charge in [0.2, 0.25) is 9.84 Å². The third-order valence-corrected chi connectivity index (χ3v) is 7.54. The molecule has 0 amide bonds. The number of benzene rings is 1. The van der Waals surface area contributed by atoms with E-state index in [1.54, 1.807) is 18.2 Å². The van der Waals surface area contributed by atoms with E-state index in [-0.39, 0.29) is 22.3 Å². The monoisotopic (exact) mass is 526 g/mol. The molecule has 1 aromatic carbocycles. The molecule has 8 nitrogen and oxygen atoms in total. The molecule has 37 heavy (non-hydrogen) atoms. The second-order valence-electron chi connectivity index (χ2n) is 9.87. The molecule has 0 bridgehead atoms. The zero-order valence-electron chi connectivity index (χ0n) is 21.1. The fourth-order valence-corrected chi connectivity index (χ4v) is 5.36. The van der Waals surface area contributed by atoms with E-state index in [2.05, 4.69) is 11.9 Å². The quantitative estimate of drug-likeness (QED) is 0.408. The number of pyridine rings is 2. The second kappa shape index (κ2) is 10.8. The Bertz CT molecular complexity index is 1410. The van der Waals surface area contributed by atoms with Gasteiger partial charge in [-0.2, -0.15) is 0 Å². The number of anilines is 2. The van der Waals surface area contributed by atoms with Crippen LogP contribution >= 0.6 is 0 Å². The minimum absolute atomic E-state index is 0.0538. The van der Waals surface area contributed by atoms with E-state index in [0.717, 1.165) is 6.42 Å². The minimum Gasteiger partial charge on any atom is -0.493 e. The van der Waals surface area contributed by atoms with Crippen molar-refractivity contribution < 1.29 is 22.3 Å². The van der Waals surface area contributed by atoms with Crippen molar-refractivity contribution in [3.05, 3.63) is 59.9 Å². The SMILES string of the molecule is CC(C)COc1cc(F)cc(-c2ccc(C(=O)CS(=O)(=O)c3cccc(N)n3)c(N3CC[C@@H](C)C3)n2)c1. The van der Waals surface area contributed by atoms with Gasteiger partial charge in [0.15, 0.2) is 10.8 Å². The lowest BCUT2D eigenvalue weighted by Gasteiger charge is -2.21. The molecule has 0 spiro atoms. The number of ketones is 1. The second-order valence-corrected chi connectivity index (χ2v) is 11.8. The number of sulfone groups is 1. The van der Waals surface area contributed by atoms with Crippen molar-refractivity contribution >= 4 is 27.3 Å². The maximum absolute atomic E-state index is 14.4. The maximum Gasteiger partial charge on any atom is 0.203 e. The summed E-state index contributed by atoms with van der Waals surface area (Å²) in [5.74, 6) is -0.337. The molecular formula is C27H31FN4O4S. The molecule has 1 aliphatic rings. The van der Waals surface area contributed by atoms with Crippen LogP contribution in [0.4, 0.5) is 16.0 Å². The van der Waals surface area contributed by atoms with E-state index < -0.39 is 27.2 Å². The first-order valence-electron chi connectivity index (χ1n) is 12.2. The molecule has 0 saturated carbocycles. The van der Waals surface area contributed by atoms with E-state index in [9.17, 15) is 17.6 Å². The Morgan fingerprint density at radius 2 is 1.97 bits per heavy atom. The van der Waals surface area contributed by atoms with Crippen molar-refractivity contribution in [3.63, 3.8) is 0 Å². The van der Waals surface area contributed by atoms with Crippen LogP contribution in [-0.4, -0.2) is 49.6 Å². The Kier molecular flexibility index (Phi) is 7.77. The van der Waals surface area contributed by atoms with Crippen LogP contribution in [-0.2, 0) is 9.84 Å². The van der Waals surface area contributed by atoms with Crippen molar-refractivity contribution in [2.45, 2.75) is 32.2 Å². The van der Waals surface area contributed by atoms with Gasteiger partial charge in [0.25, 0.3) is 0 Å². The molecule has 0 radical (unpaired) electrons. The number of nitrogens with zero attached hydrogens (tertiary/aromatic N) is 3. The predicted octanol–water partition coefficient (Wildman–Crippen LogP) is 4.40. The molecular weight excluding hydrogens is 495 g/mol. The molecule has 3 heterocycles. The van der Waals surface area contributed by atoms with Gasteiger partial charge in [-0.1, -0.05) is 26.8 Å². The highest BCUT2D eigenvalue weighted by atomic mass is 32.2. The number of nitrogen functional groups attached to an aromatic ring is 1. The summed E-state index contributed by atoms with van der Waals surface area (Å²) >= 11 is 0. The van der Waals surface area contributed by atoms with Crippen molar-refractivity contribution in [3.8, 4) is 17.0 Å². The molecule has 3 aromatic rings. The molecule has 1 saturated heterocycles. The van der Waals surface area contributed by atoms with Gasteiger partial charge in [-0.15, -0.1) is 0 Å². The number of Topliss-reactive ketones (excluding diaryl/α,β-unsaturated/α-hetero) is 1. The first-order chi connectivity index (χ1) is 17.5. The zero-order chi connectivity index (χ0) is 26.7. The number of ether oxygens (including phenoxy) is 1. The summed E-state index contributed by atoms with van der Waals surface area (Å²) in [6, 6.07) is 11.8. The summed E-state index contributed by atoms with van der Waals surface area (Å²) in [7, 11) is -4.02. The topological polar surface area (TPSA) is 115 Å². The summed E-state index contributed by atoms with van der Waals surface area (Å²) < 4.78 is 45.9. The normalized spacial score (nSPS) is 15.8. The summed E-state index contributed by atoms with van der Waals surface area (Å²) in [6.07, 6.45) is 0.915. The molecule has 0 unspecified atom stereocenters. The van der Waals surface area contributed by atoms with Crippen LogP contribution in [0, 0.1) is 17.7 Å². The summed E-state index contributed by atoms with van der Waals surface area (Å²) in [5, 5.41) is -0.254. The van der Waals surface area contributed by atoms with Gasteiger partial charge in [-0.3, -0.25) is 4.79 Å². The molecule has 196 valence electrons. The highest BCUT2D eigenvalue weighted by molar-refractivity contribution is 7.92. The van der Waals surface area contributed by atoms with Crippen LogP contribution < -0.4 is 15.4 Å². The maximum atomic E-state index is 14.4. The van der Waals surface area contributed by atoms with Crippen molar-refractivity contribution in [2.75, 3.05) is 36.1 Å². The number of hydrogen-bond acceptors (Lipinski definition) is 8. The van der Waals surface area contributed by atoms with Gasteiger partial charge in [-0.05, 0) is 54.7 Å². The predicted molar refractivity (Wildman–Crippen MR) is 141 cm³/mol. The number of hydrogen-bond donors (Lipinski definition) is 1. The fourth-order valence-electron chi connectivity index (χ4n) is 4.18. The molecule has 4 rings (SSSR count). The third-order valence-electron chi connectivity index (χ3n) is 6.03. The smallest absolute Gasteiger partial charge is 0.203 e. The number of nitrogens with two attached hydrogens (primary N) is 1. The van der Waals surface area contributed by atoms with E-state index in [1.165, 1.54) is 30.3 Å². The Balaban J connectivity index is 1.70. The lowest BCUT2D eigenvalue weighted by Crippen LogP contribution is -2.25. The van der Waals surface area contributed by atoms with Crippen molar-refractivity contribution in [1.82, 2.24) is 9.97 Å². The average molecular weight is 527 g/mol. The van der Waals surface area contributed by atoms with Crippen LogP contribution in [0.3, 0.4) is 0 Å². The van der Waals surface area contributed by atoms with Crippen LogP contribution in [0.2, 0.25) is 0 Å². The van der Waals surface area contributed by atoms with Gasteiger partial charge in [0, 0.05) is 24.7 Å². The van der Waals surface area contributed by atoms with Crippen molar-refractivity contribution in [1.29, 1.82) is 0 Å². The van der Waals surface area contributed by atoms with E-state index in [1.807, 2.05) is 18.7 Å². The van der Waals surface area contributed by atoms with Crippen LogP contribution in [0.1, 0.15) is 37.6 Å². The average Bonchev–Trinajstić information content (AvgIpc) is 3.28. The first-order valence-corrected chi connectivity index (χ1v) is 13.9. The van der Waals surface area contributed by atoms with Gasteiger partial charge in [0.1, 0.15) is 29.0 Å². The molecule has 1 fully saturated rings. The molecule has 2 aromatic heterocycles. The summed E-state index contributed by atoms with van der Waals surface area (Å²) in [5.41, 5.74) is 6.78. The lowest BCUT2D eigenvalue weighted by molar-refractivity contribution is 0.102. The number of halogens is 1. The summed E-state index contributed by atoms with van der Waals surface area (Å²) in [4.78, 5) is 23.9. The van der Waals surface area contributed by atoms with Crippen LogP contribution in [0.5, 0.6) is 5.75 Å². The van der Waals surface area contributed by atoms with Crippen molar-refractivity contribution in [2.24, 2.45) is 11.8 Å². The number of aromatic nitrogens is 2. The van der Waals surface area contributed by atoms with Gasteiger partial charge < -0.3 is 15.4 Å². The summed E-state index contributed by atoms with van der Waals surface area (Å²) in [6.45, 7) is 7.90. The highest BCUT2D eigenvalue weighted by Gasteiger charge is 2.29. The highest BCUT2D eigenvalue weighted by Crippen LogP contribution is 2.31. The van der Waals surface area contributed by atoms with Gasteiger partial charge in [-0.25, -0.2) is 22.8 Å². The zero-order valence-corrected chi connectivity index (χ0v) is 22.0.